The number of hydrogen-bond donors (Lipinski definition) is 1. The van der Waals surface area contributed by atoms with Gasteiger partial charge in [0.25, 0.3) is 0 Å². The van der Waals surface area contributed by atoms with E-state index in [2.05, 4.69) is 4.99 Å². The molecule has 0 aliphatic carbocycles. The van der Waals surface area contributed by atoms with Gasteiger partial charge < -0.3 is 19.8 Å². The summed E-state index contributed by atoms with van der Waals surface area (Å²) in [6, 6.07) is 20.8. The maximum Gasteiger partial charge on any atom is 0.148 e. The van der Waals surface area contributed by atoms with Gasteiger partial charge in [0.2, 0.25) is 0 Å². The maximum absolute atomic E-state index is 13.4. The SMILES string of the molecule is CS(=O)(=O)CC(N)Cc1ccc(-c2ccc3c(c2)C=NCN3c2ccc(OCc3cccc(F)c3)c(Cl)c2)o1. The zero-order chi connectivity index (χ0) is 27.6. The van der Waals surface area contributed by atoms with Crippen LogP contribution in [-0.2, 0) is 22.9 Å². The van der Waals surface area contributed by atoms with E-state index in [0.717, 1.165) is 22.5 Å². The van der Waals surface area contributed by atoms with Crippen molar-refractivity contribution in [3.8, 4) is 17.1 Å². The first-order chi connectivity index (χ1) is 18.6. The number of sulfone groups is 1. The number of furan rings is 1. The summed E-state index contributed by atoms with van der Waals surface area (Å²) in [6.45, 7) is 0.629. The zero-order valence-electron chi connectivity index (χ0n) is 21.2. The summed E-state index contributed by atoms with van der Waals surface area (Å²) in [6.07, 6.45) is 3.32. The van der Waals surface area contributed by atoms with Crippen molar-refractivity contribution in [1.82, 2.24) is 0 Å². The highest BCUT2D eigenvalue weighted by Gasteiger charge is 2.19. The summed E-state index contributed by atoms with van der Waals surface area (Å²) in [5, 5.41) is 0.439. The quantitative estimate of drug-likeness (QED) is 0.276. The van der Waals surface area contributed by atoms with Crippen LogP contribution in [0.3, 0.4) is 0 Å². The summed E-state index contributed by atoms with van der Waals surface area (Å²) >= 11 is 6.53. The second-order valence-corrected chi connectivity index (χ2v) is 12.1. The Balaban J connectivity index is 1.30. The highest BCUT2D eigenvalue weighted by atomic mass is 35.5. The molecule has 39 heavy (non-hydrogen) atoms. The second kappa shape index (κ2) is 11.2. The van der Waals surface area contributed by atoms with Gasteiger partial charge in [0.1, 0.15) is 46.2 Å². The Morgan fingerprint density at radius 2 is 1.97 bits per heavy atom. The van der Waals surface area contributed by atoms with Gasteiger partial charge in [-0.25, -0.2) is 12.8 Å². The lowest BCUT2D eigenvalue weighted by Gasteiger charge is -2.28. The van der Waals surface area contributed by atoms with Crippen LogP contribution in [-0.4, -0.2) is 39.4 Å². The van der Waals surface area contributed by atoms with Gasteiger partial charge >= 0.3 is 0 Å². The van der Waals surface area contributed by atoms with Crippen molar-refractivity contribution in [2.24, 2.45) is 10.7 Å². The summed E-state index contributed by atoms with van der Waals surface area (Å²) in [7, 11) is -3.16. The number of anilines is 2. The number of nitrogens with two attached hydrogens (primary N) is 1. The van der Waals surface area contributed by atoms with E-state index in [1.54, 1.807) is 18.2 Å². The van der Waals surface area contributed by atoms with Gasteiger partial charge in [0.15, 0.2) is 0 Å². The standard InChI is InChI=1S/C29H27ClFN3O4S/c1-39(35,36)17-23(32)13-25-7-10-28(38-25)20-5-8-27-21(12-20)15-33-18-34(27)24-6-9-29(26(30)14-24)37-16-19-3-2-4-22(31)11-19/h2-12,14-15,23H,13,16-18,32H2,1H3. The molecule has 0 fully saturated rings. The molecule has 2 N–H and O–H groups in total. The van der Waals surface area contributed by atoms with Crippen molar-refractivity contribution in [1.29, 1.82) is 0 Å². The molecule has 1 aromatic heterocycles. The topological polar surface area (TPSA) is 98.1 Å². The maximum atomic E-state index is 13.4. The molecule has 0 saturated carbocycles. The van der Waals surface area contributed by atoms with E-state index in [-0.39, 0.29) is 18.2 Å². The third-order valence-electron chi connectivity index (χ3n) is 6.21. The highest BCUT2D eigenvalue weighted by Crippen LogP contribution is 2.37. The van der Waals surface area contributed by atoms with E-state index in [4.69, 9.17) is 26.5 Å². The van der Waals surface area contributed by atoms with Gasteiger partial charge in [-0.1, -0.05) is 23.7 Å². The fraction of sp³-hybridized carbons (Fsp3) is 0.207. The monoisotopic (exact) mass is 567 g/mol. The molecule has 202 valence electrons. The van der Waals surface area contributed by atoms with Gasteiger partial charge in [-0.05, 0) is 66.2 Å². The minimum Gasteiger partial charge on any atom is -0.487 e. The summed E-state index contributed by atoms with van der Waals surface area (Å²) in [4.78, 5) is 6.55. The minimum atomic E-state index is -3.16. The molecule has 0 spiro atoms. The van der Waals surface area contributed by atoms with Crippen LogP contribution < -0.4 is 15.4 Å². The van der Waals surface area contributed by atoms with Crippen LogP contribution in [0.5, 0.6) is 5.75 Å². The largest absolute Gasteiger partial charge is 0.487 e. The molecular formula is C29H27ClFN3O4S. The molecule has 5 rings (SSSR count). The Hall–Kier alpha value is -3.66. The Kier molecular flexibility index (Phi) is 7.74. The first kappa shape index (κ1) is 26.9. The molecule has 1 unspecified atom stereocenters. The number of ether oxygens (including phenoxy) is 1. The van der Waals surface area contributed by atoms with Crippen molar-refractivity contribution >= 4 is 39.0 Å². The third-order valence-corrected chi connectivity index (χ3v) is 7.54. The summed E-state index contributed by atoms with van der Waals surface area (Å²) in [5.74, 6) is 1.38. The van der Waals surface area contributed by atoms with E-state index in [9.17, 15) is 12.8 Å². The van der Waals surface area contributed by atoms with E-state index in [1.165, 1.54) is 18.4 Å². The zero-order valence-corrected chi connectivity index (χ0v) is 22.8. The molecule has 0 saturated heterocycles. The van der Waals surface area contributed by atoms with Gasteiger partial charge in [0, 0.05) is 41.7 Å². The summed E-state index contributed by atoms with van der Waals surface area (Å²) in [5.41, 5.74) is 10.3. The average molecular weight is 568 g/mol. The summed E-state index contributed by atoms with van der Waals surface area (Å²) < 4.78 is 48.2. The highest BCUT2D eigenvalue weighted by molar-refractivity contribution is 7.90. The van der Waals surface area contributed by atoms with Gasteiger partial charge in [-0.2, -0.15) is 0 Å². The molecule has 1 aliphatic heterocycles. The molecule has 0 amide bonds. The number of hydrogen-bond acceptors (Lipinski definition) is 7. The Bertz CT molecular complexity index is 1640. The van der Waals surface area contributed by atoms with E-state index in [1.807, 2.05) is 53.6 Å². The van der Waals surface area contributed by atoms with Gasteiger partial charge in [0.05, 0.1) is 16.5 Å². The van der Waals surface area contributed by atoms with Crippen molar-refractivity contribution in [2.45, 2.75) is 19.1 Å². The van der Waals surface area contributed by atoms with Crippen molar-refractivity contribution < 1.29 is 22.0 Å². The number of benzene rings is 3. The van der Waals surface area contributed by atoms with Crippen LogP contribution in [0, 0.1) is 5.82 Å². The van der Waals surface area contributed by atoms with Crippen LogP contribution in [0.15, 0.2) is 82.2 Å². The smallest absolute Gasteiger partial charge is 0.148 e. The number of fused-ring (bicyclic) bond motifs is 1. The molecule has 1 aliphatic rings. The van der Waals surface area contributed by atoms with Crippen LogP contribution in [0.25, 0.3) is 11.3 Å². The second-order valence-electron chi connectivity index (χ2n) is 9.51. The Morgan fingerprint density at radius 1 is 1.13 bits per heavy atom. The lowest BCUT2D eigenvalue weighted by Crippen LogP contribution is -2.31. The first-order valence-corrected chi connectivity index (χ1v) is 14.7. The van der Waals surface area contributed by atoms with Crippen molar-refractivity contribution in [3.63, 3.8) is 0 Å². The molecule has 3 aromatic carbocycles. The van der Waals surface area contributed by atoms with E-state index in [0.29, 0.717) is 40.9 Å². The normalized spacial score (nSPS) is 13.8. The molecule has 0 bridgehead atoms. The first-order valence-electron chi connectivity index (χ1n) is 12.3. The predicted molar refractivity (Wildman–Crippen MR) is 152 cm³/mol. The third kappa shape index (κ3) is 6.68. The molecule has 10 heteroatoms. The lowest BCUT2D eigenvalue weighted by molar-refractivity contribution is 0.306. The Labute approximate surface area is 231 Å². The molecule has 0 radical (unpaired) electrons. The number of halogens is 2. The molecule has 1 atom stereocenters. The van der Waals surface area contributed by atoms with Crippen LogP contribution in [0.2, 0.25) is 5.02 Å². The van der Waals surface area contributed by atoms with Gasteiger partial charge in [-0.15, -0.1) is 0 Å². The number of rotatable bonds is 9. The predicted octanol–water partition coefficient (Wildman–Crippen LogP) is 5.76. The average Bonchev–Trinajstić information content (AvgIpc) is 3.34. The van der Waals surface area contributed by atoms with Crippen LogP contribution >= 0.6 is 11.6 Å². The van der Waals surface area contributed by atoms with Crippen LogP contribution in [0.1, 0.15) is 16.9 Å². The van der Waals surface area contributed by atoms with Gasteiger partial charge in [-0.3, -0.25) is 4.99 Å². The molecule has 4 aromatic rings. The fourth-order valence-electron chi connectivity index (χ4n) is 4.49. The Morgan fingerprint density at radius 3 is 2.74 bits per heavy atom. The van der Waals surface area contributed by atoms with E-state index >= 15 is 0 Å². The minimum absolute atomic E-state index is 0.0989. The molecule has 7 nitrogen and oxygen atoms in total. The van der Waals surface area contributed by atoms with E-state index < -0.39 is 15.9 Å². The fourth-order valence-corrected chi connectivity index (χ4v) is 5.61. The van der Waals surface area contributed by atoms with Crippen LogP contribution in [0.4, 0.5) is 15.8 Å². The molecule has 2 heterocycles. The lowest BCUT2D eigenvalue weighted by atomic mass is 10.0. The number of nitrogens with zero attached hydrogens (tertiary/aromatic N) is 2. The number of aliphatic imine (C=N–C) groups is 1. The molecular weight excluding hydrogens is 541 g/mol. The van der Waals surface area contributed by atoms with Crippen molar-refractivity contribution in [2.75, 3.05) is 23.6 Å². The van der Waals surface area contributed by atoms with Crippen molar-refractivity contribution in [3.05, 3.63) is 101 Å².